The van der Waals surface area contributed by atoms with E-state index in [1.807, 2.05) is 0 Å². The van der Waals surface area contributed by atoms with Crippen molar-refractivity contribution in [2.75, 3.05) is 0 Å². The highest BCUT2D eigenvalue weighted by atomic mass is 28.3. The molecule has 0 heterocycles. The van der Waals surface area contributed by atoms with Crippen LogP contribution in [0.25, 0.3) is 0 Å². The van der Waals surface area contributed by atoms with Gasteiger partial charge in [-0.3, -0.25) is 0 Å². The lowest BCUT2D eigenvalue weighted by molar-refractivity contribution is 0.463. The molecule has 0 nitrogen and oxygen atoms in total. The van der Waals surface area contributed by atoms with E-state index in [9.17, 15) is 0 Å². The normalized spacial score (nSPS) is 33.1. The molecule has 1 rings (SSSR count). The highest BCUT2D eigenvalue weighted by Gasteiger charge is 2.57. The molecule has 0 spiro atoms. The van der Waals surface area contributed by atoms with Crippen molar-refractivity contribution in [2.45, 2.75) is 57.8 Å². The van der Waals surface area contributed by atoms with Crippen LogP contribution in [0.3, 0.4) is 0 Å². The molecule has 13 heavy (non-hydrogen) atoms. The Morgan fingerprint density at radius 1 is 1.46 bits per heavy atom. The average Bonchev–Trinajstić information content (AvgIpc) is 2.64. The quantitative estimate of drug-likeness (QED) is 0.450. The standard InChI is InChI=1S/C12H24Si/c1-6-8-12(9-7-2)10-11(12)13(3,4)5/h6,11H,1,7-10H2,2-5H3/t11?,12-/m0/s1. The maximum atomic E-state index is 3.90. The van der Waals surface area contributed by atoms with Crippen LogP contribution in [0.5, 0.6) is 0 Å². The first-order valence-corrected chi connectivity index (χ1v) is 9.15. The molecule has 2 atom stereocenters. The first-order valence-electron chi connectivity index (χ1n) is 5.57. The minimum atomic E-state index is -0.881. The van der Waals surface area contributed by atoms with Crippen molar-refractivity contribution in [3.05, 3.63) is 12.7 Å². The topological polar surface area (TPSA) is 0 Å². The van der Waals surface area contributed by atoms with Crippen LogP contribution in [0.4, 0.5) is 0 Å². The van der Waals surface area contributed by atoms with Crippen LogP contribution in [0.2, 0.25) is 25.2 Å². The molecule has 0 N–H and O–H groups in total. The Hall–Kier alpha value is -0.0431. The predicted molar refractivity (Wildman–Crippen MR) is 63.9 cm³/mol. The molecule has 1 saturated carbocycles. The first-order chi connectivity index (χ1) is 5.96. The number of hydrogen-bond donors (Lipinski definition) is 0. The second-order valence-electron chi connectivity index (χ2n) is 5.73. The van der Waals surface area contributed by atoms with E-state index in [0.29, 0.717) is 5.41 Å². The third-order valence-electron chi connectivity index (χ3n) is 3.53. The summed E-state index contributed by atoms with van der Waals surface area (Å²) in [5.74, 6) is 0. The molecule has 1 aliphatic rings. The zero-order chi connectivity index (χ0) is 10.1. The summed E-state index contributed by atoms with van der Waals surface area (Å²) in [6, 6.07) is 0. The summed E-state index contributed by atoms with van der Waals surface area (Å²) in [6.45, 7) is 13.7. The lowest BCUT2D eigenvalue weighted by atomic mass is 9.97. The predicted octanol–water partition coefficient (Wildman–Crippen LogP) is 4.46. The fourth-order valence-electron chi connectivity index (χ4n) is 2.96. The maximum Gasteiger partial charge on any atom is 0.0479 e. The van der Waals surface area contributed by atoms with Crippen LogP contribution in [0.15, 0.2) is 12.7 Å². The van der Waals surface area contributed by atoms with E-state index in [2.05, 4.69) is 39.2 Å². The highest BCUT2D eigenvalue weighted by molar-refractivity contribution is 6.78. The zero-order valence-electron chi connectivity index (χ0n) is 9.69. The van der Waals surface area contributed by atoms with Crippen molar-refractivity contribution < 1.29 is 0 Å². The van der Waals surface area contributed by atoms with Gasteiger partial charge in [-0.05, 0) is 30.2 Å². The van der Waals surface area contributed by atoms with E-state index in [4.69, 9.17) is 0 Å². The molecule has 0 amide bonds. The molecule has 0 aromatic heterocycles. The SMILES string of the molecule is C=CC[C@]1(CCC)CC1[Si](C)(C)C. The summed E-state index contributed by atoms with van der Waals surface area (Å²) in [6.07, 6.45) is 7.65. The van der Waals surface area contributed by atoms with Crippen molar-refractivity contribution in [3.8, 4) is 0 Å². The molecule has 1 aliphatic carbocycles. The molecule has 0 bridgehead atoms. The van der Waals surface area contributed by atoms with Crippen LogP contribution in [-0.2, 0) is 0 Å². The zero-order valence-corrected chi connectivity index (χ0v) is 10.7. The highest BCUT2D eigenvalue weighted by Crippen LogP contribution is 2.67. The smallest absolute Gasteiger partial charge is 0.0479 e. The minimum Gasteiger partial charge on any atom is -0.103 e. The first kappa shape index (κ1) is 11.0. The van der Waals surface area contributed by atoms with Gasteiger partial charge in [-0.1, -0.05) is 39.1 Å². The fourth-order valence-corrected chi connectivity index (χ4v) is 6.08. The summed E-state index contributed by atoms with van der Waals surface area (Å²) < 4.78 is 0. The van der Waals surface area contributed by atoms with Gasteiger partial charge in [0.25, 0.3) is 0 Å². The van der Waals surface area contributed by atoms with E-state index in [-0.39, 0.29) is 0 Å². The number of allylic oxidation sites excluding steroid dienone is 1. The Morgan fingerprint density at radius 3 is 2.38 bits per heavy atom. The van der Waals surface area contributed by atoms with Gasteiger partial charge < -0.3 is 0 Å². The number of rotatable bonds is 5. The van der Waals surface area contributed by atoms with Crippen LogP contribution in [-0.4, -0.2) is 8.07 Å². The van der Waals surface area contributed by atoms with E-state index < -0.39 is 8.07 Å². The summed E-state index contributed by atoms with van der Waals surface area (Å²) >= 11 is 0. The van der Waals surface area contributed by atoms with Gasteiger partial charge in [0.2, 0.25) is 0 Å². The Labute approximate surface area is 84.4 Å². The summed E-state index contributed by atoms with van der Waals surface area (Å²) in [5, 5.41) is 0. The molecule has 76 valence electrons. The van der Waals surface area contributed by atoms with E-state index in [1.54, 1.807) is 0 Å². The average molecular weight is 196 g/mol. The molecule has 0 radical (unpaired) electrons. The van der Waals surface area contributed by atoms with Gasteiger partial charge in [0.1, 0.15) is 0 Å². The van der Waals surface area contributed by atoms with E-state index in [0.717, 1.165) is 5.54 Å². The third-order valence-corrected chi connectivity index (χ3v) is 6.44. The van der Waals surface area contributed by atoms with E-state index in [1.165, 1.54) is 25.7 Å². The molecule has 1 unspecified atom stereocenters. The Balaban J connectivity index is 2.60. The van der Waals surface area contributed by atoms with Gasteiger partial charge in [-0.15, -0.1) is 6.58 Å². The molecule has 0 aliphatic heterocycles. The second-order valence-corrected chi connectivity index (χ2v) is 11.2. The fraction of sp³-hybridized carbons (Fsp3) is 0.833. The molecule has 0 aromatic rings. The summed E-state index contributed by atoms with van der Waals surface area (Å²) in [7, 11) is -0.881. The van der Waals surface area contributed by atoms with Gasteiger partial charge in [0.05, 0.1) is 0 Å². The number of hydrogen-bond acceptors (Lipinski definition) is 0. The Morgan fingerprint density at radius 2 is 2.08 bits per heavy atom. The van der Waals surface area contributed by atoms with Crippen LogP contribution >= 0.6 is 0 Å². The lowest BCUT2D eigenvalue weighted by Gasteiger charge is -2.22. The molecular formula is C12H24Si. The molecular weight excluding hydrogens is 172 g/mol. The monoisotopic (exact) mass is 196 g/mol. The lowest BCUT2D eigenvalue weighted by Crippen LogP contribution is -2.23. The van der Waals surface area contributed by atoms with Gasteiger partial charge in [0, 0.05) is 8.07 Å². The van der Waals surface area contributed by atoms with Crippen molar-refractivity contribution in [1.29, 1.82) is 0 Å². The van der Waals surface area contributed by atoms with Crippen molar-refractivity contribution in [2.24, 2.45) is 5.41 Å². The van der Waals surface area contributed by atoms with Crippen LogP contribution < -0.4 is 0 Å². The van der Waals surface area contributed by atoms with Crippen molar-refractivity contribution in [1.82, 2.24) is 0 Å². The third kappa shape index (κ3) is 2.25. The molecule has 1 fully saturated rings. The minimum absolute atomic E-state index is 0.695. The van der Waals surface area contributed by atoms with Crippen LogP contribution in [0.1, 0.15) is 32.6 Å². The van der Waals surface area contributed by atoms with Gasteiger partial charge in [0.15, 0.2) is 0 Å². The molecule has 1 heteroatoms. The largest absolute Gasteiger partial charge is 0.103 e. The molecule has 0 aromatic carbocycles. The van der Waals surface area contributed by atoms with Crippen molar-refractivity contribution in [3.63, 3.8) is 0 Å². The van der Waals surface area contributed by atoms with Gasteiger partial charge in [-0.2, -0.15) is 0 Å². The summed E-state index contributed by atoms with van der Waals surface area (Å²) in [5.41, 5.74) is 1.76. The maximum absolute atomic E-state index is 3.90. The Kier molecular flexibility index (Phi) is 3.06. The Bertz CT molecular complexity index is 190. The second kappa shape index (κ2) is 3.60. The van der Waals surface area contributed by atoms with E-state index >= 15 is 0 Å². The van der Waals surface area contributed by atoms with Crippen molar-refractivity contribution >= 4 is 8.07 Å². The van der Waals surface area contributed by atoms with Gasteiger partial charge in [-0.25, -0.2) is 0 Å². The van der Waals surface area contributed by atoms with Gasteiger partial charge >= 0.3 is 0 Å². The summed E-state index contributed by atoms with van der Waals surface area (Å²) in [4.78, 5) is 0. The molecule has 0 saturated heterocycles. The van der Waals surface area contributed by atoms with Crippen LogP contribution in [0, 0.1) is 5.41 Å².